The van der Waals surface area contributed by atoms with Crippen molar-refractivity contribution in [2.45, 2.75) is 44.2 Å². The number of carbonyl (C=O) groups is 2. The SMILES string of the molecule is CC(C)CC(=O)N1Cc2ccccc2CC1C(=O)N1CCN(S(=O)(=O)c2ccc(C#N)cc2)CC1. The summed E-state index contributed by atoms with van der Waals surface area (Å²) in [6, 6.07) is 15.1. The quantitative estimate of drug-likeness (QED) is 0.635. The molecule has 8 nitrogen and oxygen atoms in total. The predicted molar refractivity (Wildman–Crippen MR) is 130 cm³/mol. The van der Waals surface area contributed by atoms with E-state index in [1.165, 1.54) is 28.6 Å². The molecule has 1 unspecified atom stereocenters. The molecule has 1 saturated heterocycles. The number of rotatable bonds is 5. The zero-order valence-corrected chi connectivity index (χ0v) is 20.9. The van der Waals surface area contributed by atoms with Crippen LogP contribution in [0.15, 0.2) is 53.4 Å². The molecule has 0 bridgehead atoms. The van der Waals surface area contributed by atoms with E-state index < -0.39 is 16.1 Å². The molecule has 2 amide bonds. The Balaban J connectivity index is 1.48. The number of fused-ring (bicyclic) bond motifs is 1. The van der Waals surface area contributed by atoms with Crippen LogP contribution in [-0.4, -0.2) is 66.6 Å². The Hall–Kier alpha value is -3.22. The Morgan fingerprint density at radius 3 is 2.23 bits per heavy atom. The van der Waals surface area contributed by atoms with Crippen LogP contribution in [0.5, 0.6) is 0 Å². The third-order valence-corrected chi connectivity index (χ3v) is 8.52. The molecule has 0 spiro atoms. The number of amides is 2. The zero-order valence-electron chi connectivity index (χ0n) is 20.1. The number of hydrogen-bond donors (Lipinski definition) is 0. The summed E-state index contributed by atoms with van der Waals surface area (Å²) in [7, 11) is -3.72. The van der Waals surface area contributed by atoms with E-state index in [4.69, 9.17) is 5.26 Å². The second-order valence-electron chi connectivity index (χ2n) is 9.47. The number of benzene rings is 2. The number of nitrogens with zero attached hydrogens (tertiary/aromatic N) is 4. The van der Waals surface area contributed by atoms with Crippen molar-refractivity contribution >= 4 is 21.8 Å². The van der Waals surface area contributed by atoms with Gasteiger partial charge in [-0.15, -0.1) is 0 Å². The van der Waals surface area contributed by atoms with Crippen LogP contribution >= 0.6 is 0 Å². The van der Waals surface area contributed by atoms with E-state index in [-0.39, 0.29) is 48.8 Å². The average molecular weight is 495 g/mol. The minimum atomic E-state index is -3.72. The molecular weight excluding hydrogens is 464 g/mol. The highest BCUT2D eigenvalue weighted by molar-refractivity contribution is 7.89. The minimum absolute atomic E-state index is 0.0325. The van der Waals surface area contributed by atoms with Crippen LogP contribution in [0.2, 0.25) is 0 Å². The van der Waals surface area contributed by atoms with Crippen LogP contribution in [0.3, 0.4) is 0 Å². The van der Waals surface area contributed by atoms with Gasteiger partial charge in [-0.1, -0.05) is 38.1 Å². The van der Waals surface area contributed by atoms with Gasteiger partial charge in [0.2, 0.25) is 21.8 Å². The van der Waals surface area contributed by atoms with Gasteiger partial charge in [-0.05, 0) is 41.3 Å². The van der Waals surface area contributed by atoms with Crippen LogP contribution in [0.25, 0.3) is 0 Å². The molecule has 35 heavy (non-hydrogen) atoms. The fourth-order valence-corrected chi connectivity index (χ4v) is 6.10. The highest BCUT2D eigenvalue weighted by Gasteiger charge is 2.38. The molecule has 0 N–H and O–H groups in total. The maximum Gasteiger partial charge on any atom is 0.245 e. The largest absolute Gasteiger partial charge is 0.338 e. The summed E-state index contributed by atoms with van der Waals surface area (Å²) in [5.74, 6) is 0.0216. The van der Waals surface area contributed by atoms with Gasteiger partial charge in [-0.3, -0.25) is 9.59 Å². The van der Waals surface area contributed by atoms with Crippen molar-refractivity contribution in [2.24, 2.45) is 5.92 Å². The lowest BCUT2D eigenvalue weighted by atomic mass is 9.92. The van der Waals surface area contributed by atoms with Crippen LogP contribution in [0, 0.1) is 17.2 Å². The fraction of sp³-hybridized carbons (Fsp3) is 0.423. The van der Waals surface area contributed by atoms with Crippen molar-refractivity contribution in [2.75, 3.05) is 26.2 Å². The first-order valence-corrected chi connectivity index (χ1v) is 13.3. The van der Waals surface area contributed by atoms with E-state index in [1.54, 1.807) is 9.80 Å². The van der Waals surface area contributed by atoms with Crippen molar-refractivity contribution in [3.8, 4) is 6.07 Å². The number of carbonyl (C=O) groups excluding carboxylic acids is 2. The molecule has 2 aromatic rings. The molecule has 4 rings (SSSR count). The first-order chi connectivity index (χ1) is 16.7. The van der Waals surface area contributed by atoms with E-state index in [0.717, 1.165) is 11.1 Å². The van der Waals surface area contributed by atoms with Crippen molar-refractivity contribution in [1.82, 2.24) is 14.1 Å². The number of hydrogen-bond acceptors (Lipinski definition) is 5. The highest BCUT2D eigenvalue weighted by atomic mass is 32.2. The van der Waals surface area contributed by atoms with Crippen molar-refractivity contribution in [1.29, 1.82) is 5.26 Å². The molecule has 9 heteroatoms. The zero-order chi connectivity index (χ0) is 25.2. The van der Waals surface area contributed by atoms with E-state index >= 15 is 0 Å². The second kappa shape index (κ2) is 10.2. The summed E-state index contributed by atoms with van der Waals surface area (Å²) < 4.78 is 27.4. The molecule has 0 aliphatic carbocycles. The van der Waals surface area contributed by atoms with Crippen LogP contribution in [0.1, 0.15) is 37.0 Å². The first kappa shape index (κ1) is 24.9. The third-order valence-electron chi connectivity index (χ3n) is 6.61. The molecule has 2 aromatic carbocycles. The van der Waals surface area contributed by atoms with Gasteiger partial charge in [-0.25, -0.2) is 8.42 Å². The van der Waals surface area contributed by atoms with Crippen molar-refractivity contribution < 1.29 is 18.0 Å². The standard InChI is InChI=1S/C26H30N4O4S/c1-19(2)15-25(31)30-18-22-6-4-3-5-21(22)16-24(30)26(32)28-11-13-29(14-12-28)35(33,34)23-9-7-20(17-27)8-10-23/h3-10,19,24H,11-16,18H2,1-2H3. The molecule has 2 heterocycles. The van der Waals surface area contributed by atoms with Gasteiger partial charge >= 0.3 is 0 Å². The lowest BCUT2D eigenvalue weighted by Crippen LogP contribution is -2.58. The molecule has 184 valence electrons. The van der Waals surface area contributed by atoms with Crippen molar-refractivity contribution in [3.63, 3.8) is 0 Å². The number of piperazine rings is 1. The van der Waals surface area contributed by atoms with Gasteiger partial charge in [0.05, 0.1) is 16.5 Å². The van der Waals surface area contributed by atoms with E-state index in [9.17, 15) is 18.0 Å². The smallest absolute Gasteiger partial charge is 0.245 e. The highest BCUT2D eigenvalue weighted by Crippen LogP contribution is 2.27. The topological polar surface area (TPSA) is 102 Å². The first-order valence-electron chi connectivity index (χ1n) is 11.9. The maximum atomic E-state index is 13.6. The van der Waals surface area contributed by atoms with Gasteiger partial charge in [0.1, 0.15) is 6.04 Å². The number of sulfonamides is 1. The number of nitriles is 1. The summed E-state index contributed by atoms with van der Waals surface area (Å²) in [5.41, 5.74) is 2.53. The van der Waals surface area contributed by atoms with Gasteiger partial charge in [0.25, 0.3) is 0 Å². The lowest BCUT2D eigenvalue weighted by Gasteiger charge is -2.41. The Labute approximate surface area is 206 Å². The fourth-order valence-electron chi connectivity index (χ4n) is 4.68. The van der Waals surface area contributed by atoms with Gasteiger partial charge in [0, 0.05) is 45.6 Å². The third kappa shape index (κ3) is 5.24. The Bertz CT molecular complexity index is 1240. The Morgan fingerprint density at radius 2 is 1.63 bits per heavy atom. The summed E-state index contributed by atoms with van der Waals surface area (Å²) in [6.07, 6.45) is 0.838. The maximum absolute atomic E-state index is 13.6. The molecule has 0 aromatic heterocycles. The molecule has 2 aliphatic heterocycles. The lowest BCUT2D eigenvalue weighted by molar-refractivity contribution is -0.148. The summed E-state index contributed by atoms with van der Waals surface area (Å²) in [5, 5.41) is 8.95. The van der Waals surface area contributed by atoms with E-state index in [1.807, 2.05) is 44.2 Å². The molecule has 1 fully saturated rings. The molecule has 1 atom stereocenters. The van der Waals surface area contributed by atoms with E-state index in [0.29, 0.717) is 24.9 Å². The predicted octanol–water partition coefficient (Wildman–Crippen LogP) is 2.39. The average Bonchev–Trinajstić information content (AvgIpc) is 2.87. The van der Waals surface area contributed by atoms with Crippen LogP contribution in [0.4, 0.5) is 0 Å². The van der Waals surface area contributed by atoms with Gasteiger partial charge in [0.15, 0.2) is 0 Å². The van der Waals surface area contributed by atoms with Crippen molar-refractivity contribution in [3.05, 3.63) is 65.2 Å². The normalized spacial score (nSPS) is 18.7. The summed E-state index contributed by atoms with van der Waals surface area (Å²) in [6.45, 7) is 5.26. The Kier molecular flexibility index (Phi) is 7.24. The van der Waals surface area contributed by atoms with Gasteiger partial charge in [-0.2, -0.15) is 9.57 Å². The monoisotopic (exact) mass is 494 g/mol. The molecule has 2 aliphatic rings. The van der Waals surface area contributed by atoms with Gasteiger partial charge < -0.3 is 9.80 Å². The van der Waals surface area contributed by atoms with E-state index in [2.05, 4.69) is 0 Å². The molecule has 0 radical (unpaired) electrons. The minimum Gasteiger partial charge on any atom is -0.338 e. The van der Waals surface area contributed by atoms with Crippen LogP contribution in [-0.2, 0) is 32.6 Å². The van der Waals surface area contributed by atoms with Crippen LogP contribution < -0.4 is 0 Å². The molecule has 0 saturated carbocycles. The Morgan fingerprint density at radius 1 is 1.00 bits per heavy atom. The summed E-state index contributed by atoms with van der Waals surface area (Å²) in [4.78, 5) is 30.2. The summed E-state index contributed by atoms with van der Waals surface area (Å²) >= 11 is 0. The second-order valence-corrected chi connectivity index (χ2v) is 11.4. The molecular formula is C26H30N4O4S.